The van der Waals surface area contributed by atoms with E-state index in [-0.39, 0.29) is 5.41 Å². The summed E-state index contributed by atoms with van der Waals surface area (Å²) in [6, 6.07) is 86.2. The second-order valence-corrected chi connectivity index (χ2v) is 19.9. The lowest BCUT2D eigenvalue weighted by Crippen LogP contribution is -2.48. The van der Waals surface area contributed by atoms with Crippen LogP contribution < -0.4 is 25.8 Å². The Balaban J connectivity index is 1.04. The number of para-hydroxylation sites is 4. The number of fused-ring (bicyclic) bond motifs is 4. The molecule has 0 saturated heterocycles. The zero-order valence-electron chi connectivity index (χ0n) is 42.5. The van der Waals surface area contributed by atoms with E-state index in [1.807, 2.05) is 6.20 Å². The number of nitrogens with one attached hydrogen (secondary N) is 1. The molecule has 75 heavy (non-hydrogen) atoms. The number of nitrogens with zero attached hydrogens (tertiary/aromatic N) is 4. The minimum Gasteiger partial charge on any atom is -0.390 e. The van der Waals surface area contributed by atoms with E-state index in [9.17, 15) is 0 Å². The lowest BCUT2D eigenvalue weighted by Gasteiger charge is -2.54. The number of rotatable bonds is 13. The summed E-state index contributed by atoms with van der Waals surface area (Å²) in [5.41, 5.74) is 21.9. The van der Waals surface area contributed by atoms with Crippen molar-refractivity contribution < 1.29 is 0 Å². The van der Waals surface area contributed by atoms with Gasteiger partial charge in [-0.3, -0.25) is 0 Å². The average molecular weight is 973 g/mol. The molecule has 9 aromatic rings. The van der Waals surface area contributed by atoms with E-state index in [1.165, 1.54) is 51.0 Å². The fourth-order valence-corrected chi connectivity index (χ4v) is 12.7. The maximum atomic E-state index is 6.35. The Kier molecular flexibility index (Phi) is 12.3. The molecule has 6 heteroatoms. The van der Waals surface area contributed by atoms with Crippen molar-refractivity contribution in [2.24, 2.45) is 16.1 Å². The number of hydrogen-bond acceptors (Lipinski definition) is 5. The standard InChI is InChI=1S/C69H60N6/c1-3-46-73(57-41-43-64-60(48-57)68(51-26-10-4-11-27-51,52-28-12-5-13-29-52)58-36-20-22-38-62(58)74(64)55-32-16-7-17-33-55)66(72-50-70)49-71-54-40-42-65-61(47-54)69(53-30-14-6-15-31-53,67(2)44-24-9-25-45-67)59-37-21-23-39-63(59)75(65)56-34-18-8-19-35-56/h4-44,47-50,71H,3,45-46H2,1-2H3,(H2,70,72)/b66-49-. The molecule has 0 spiro atoms. The van der Waals surface area contributed by atoms with Crippen molar-refractivity contribution in [3.8, 4) is 0 Å². The summed E-state index contributed by atoms with van der Waals surface area (Å²) < 4.78 is 0. The van der Waals surface area contributed by atoms with E-state index in [0.29, 0.717) is 12.4 Å². The first-order valence-electron chi connectivity index (χ1n) is 26.2. The highest BCUT2D eigenvalue weighted by molar-refractivity contribution is 5.92. The van der Waals surface area contributed by atoms with Crippen LogP contribution >= 0.6 is 0 Å². The predicted molar refractivity (Wildman–Crippen MR) is 313 cm³/mol. The highest BCUT2D eigenvalue weighted by Crippen LogP contribution is 2.64. The van der Waals surface area contributed by atoms with E-state index >= 15 is 0 Å². The first-order valence-corrected chi connectivity index (χ1v) is 26.2. The third-order valence-electron chi connectivity index (χ3n) is 15.7. The van der Waals surface area contributed by atoms with Crippen LogP contribution in [0.3, 0.4) is 0 Å². The van der Waals surface area contributed by atoms with Gasteiger partial charge in [-0.05, 0) is 125 Å². The second kappa shape index (κ2) is 19.7. The Hall–Kier alpha value is -9.13. The topological polar surface area (TPSA) is 60.1 Å². The fraction of sp³-hybridized carbons (Fsp3) is 0.116. The summed E-state index contributed by atoms with van der Waals surface area (Å²) in [7, 11) is 0. The average Bonchev–Trinajstić information content (AvgIpc) is 3.50. The molecule has 3 aliphatic rings. The van der Waals surface area contributed by atoms with Gasteiger partial charge in [-0.1, -0.05) is 202 Å². The maximum Gasteiger partial charge on any atom is 0.150 e. The van der Waals surface area contributed by atoms with E-state index in [4.69, 9.17) is 10.7 Å². The molecule has 2 atom stereocenters. The summed E-state index contributed by atoms with van der Waals surface area (Å²) in [6.45, 7) is 5.33. The van der Waals surface area contributed by atoms with Gasteiger partial charge in [-0.2, -0.15) is 0 Å². The lowest BCUT2D eigenvalue weighted by atomic mass is 9.51. The van der Waals surface area contributed by atoms with E-state index in [2.05, 4.69) is 295 Å². The summed E-state index contributed by atoms with van der Waals surface area (Å²) in [5, 5.41) is 3.81. The molecule has 6 nitrogen and oxygen atoms in total. The van der Waals surface area contributed by atoms with Crippen molar-refractivity contribution in [2.45, 2.75) is 37.5 Å². The van der Waals surface area contributed by atoms with Gasteiger partial charge in [0.05, 0.1) is 39.9 Å². The highest BCUT2D eigenvalue weighted by Gasteiger charge is 2.55. The van der Waals surface area contributed by atoms with Gasteiger partial charge in [0.2, 0.25) is 0 Å². The molecule has 0 saturated carbocycles. The molecule has 9 aromatic carbocycles. The molecule has 0 amide bonds. The van der Waals surface area contributed by atoms with Crippen LogP contribution in [0.1, 0.15) is 65.6 Å². The van der Waals surface area contributed by atoms with E-state index < -0.39 is 10.8 Å². The van der Waals surface area contributed by atoms with Gasteiger partial charge < -0.3 is 25.8 Å². The molecule has 0 bridgehead atoms. The summed E-state index contributed by atoms with van der Waals surface area (Å²) in [6.07, 6.45) is 14.3. The van der Waals surface area contributed by atoms with Crippen LogP contribution in [0, 0.1) is 5.41 Å². The van der Waals surface area contributed by atoms with Crippen LogP contribution in [0.25, 0.3) is 0 Å². The number of benzene rings is 9. The minimum atomic E-state index is -0.673. The lowest BCUT2D eigenvalue weighted by molar-refractivity contribution is 0.286. The second-order valence-electron chi connectivity index (χ2n) is 19.9. The molecular weight excluding hydrogens is 913 g/mol. The molecule has 2 aliphatic heterocycles. The van der Waals surface area contributed by atoms with Crippen LogP contribution in [-0.2, 0) is 10.8 Å². The molecule has 0 fully saturated rings. The van der Waals surface area contributed by atoms with Crippen LogP contribution in [0.2, 0.25) is 0 Å². The summed E-state index contributed by atoms with van der Waals surface area (Å²) >= 11 is 0. The molecule has 2 heterocycles. The minimum absolute atomic E-state index is 0.337. The summed E-state index contributed by atoms with van der Waals surface area (Å²) in [4.78, 5) is 12.1. The number of allylic oxidation sites excluding steroid dienone is 4. The molecular formula is C69H60N6. The van der Waals surface area contributed by atoms with Crippen LogP contribution in [-0.4, -0.2) is 12.9 Å². The third-order valence-corrected chi connectivity index (χ3v) is 15.7. The van der Waals surface area contributed by atoms with Gasteiger partial charge in [-0.25, -0.2) is 4.99 Å². The number of hydrogen-bond donors (Lipinski definition) is 2. The zero-order valence-corrected chi connectivity index (χ0v) is 42.5. The Morgan fingerprint density at radius 3 is 1.63 bits per heavy atom. The molecule has 0 radical (unpaired) electrons. The monoisotopic (exact) mass is 972 g/mol. The Bertz CT molecular complexity index is 3570. The van der Waals surface area contributed by atoms with Gasteiger partial charge in [0, 0.05) is 40.9 Å². The van der Waals surface area contributed by atoms with Crippen molar-refractivity contribution in [2.75, 3.05) is 26.6 Å². The van der Waals surface area contributed by atoms with Crippen molar-refractivity contribution in [1.82, 2.24) is 0 Å². The quantitative estimate of drug-likeness (QED) is 0.0890. The highest BCUT2D eigenvalue weighted by atomic mass is 15.2. The predicted octanol–water partition coefficient (Wildman–Crippen LogP) is 16.6. The molecule has 0 aromatic heterocycles. The Labute approximate surface area is 441 Å². The van der Waals surface area contributed by atoms with Gasteiger partial charge in [-0.15, -0.1) is 0 Å². The Morgan fingerprint density at radius 2 is 1.05 bits per heavy atom. The number of aliphatic imine (C=N–C) groups is 1. The molecule has 12 rings (SSSR count). The largest absolute Gasteiger partial charge is 0.390 e. The fourth-order valence-electron chi connectivity index (χ4n) is 12.7. The van der Waals surface area contributed by atoms with Crippen molar-refractivity contribution in [3.63, 3.8) is 0 Å². The summed E-state index contributed by atoms with van der Waals surface area (Å²) in [5.74, 6) is 0.691. The first kappa shape index (κ1) is 46.9. The smallest absolute Gasteiger partial charge is 0.150 e. The Morgan fingerprint density at radius 1 is 0.547 bits per heavy atom. The van der Waals surface area contributed by atoms with Gasteiger partial charge in [0.25, 0.3) is 0 Å². The maximum absolute atomic E-state index is 6.35. The van der Waals surface area contributed by atoms with Crippen LogP contribution in [0.5, 0.6) is 0 Å². The third kappa shape index (κ3) is 7.67. The van der Waals surface area contributed by atoms with Crippen LogP contribution in [0.4, 0.5) is 45.5 Å². The molecule has 2 unspecified atom stereocenters. The van der Waals surface area contributed by atoms with E-state index in [0.717, 1.165) is 52.7 Å². The molecule has 3 N–H and O–H groups in total. The molecule has 366 valence electrons. The number of nitrogens with two attached hydrogens (primary N) is 1. The van der Waals surface area contributed by atoms with Crippen molar-refractivity contribution in [1.29, 1.82) is 0 Å². The normalized spacial score (nSPS) is 18.2. The molecule has 1 aliphatic carbocycles. The van der Waals surface area contributed by atoms with Crippen molar-refractivity contribution in [3.05, 3.63) is 312 Å². The van der Waals surface area contributed by atoms with Crippen molar-refractivity contribution >= 4 is 51.8 Å². The SMILES string of the molecule is CCCN(C(=C\Nc1ccc2c(c1)C(c1ccccc1)(C1(C)C=CC=CC1)c1ccccc1N2c1ccccc1)/N=C\N)c1ccc2c(c1)C(c1ccccc1)(c1ccccc1)c1ccccc1N2c1ccccc1. The van der Waals surface area contributed by atoms with E-state index in [1.54, 1.807) is 0 Å². The van der Waals surface area contributed by atoms with Gasteiger partial charge >= 0.3 is 0 Å². The zero-order chi connectivity index (χ0) is 50.8. The van der Waals surface area contributed by atoms with Gasteiger partial charge in [0.15, 0.2) is 5.82 Å². The number of anilines is 8. The first-order chi connectivity index (χ1) is 37.0. The van der Waals surface area contributed by atoms with Crippen LogP contribution in [0.15, 0.2) is 278 Å². The van der Waals surface area contributed by atoms with Gasteiger partial charge in [0.1, 0.15) is 0 Å².